The van der Waals surface area contributed by atoms with Gasteiger partial charge in [-0.3, -0.25) is 0 Å². The number of nitrogens with one attached hydrogen (secondary N) is 2. The van der Waals surface area contributed by atoms with Crippen LogP contribution in [0.4, 0.5) is 0 Å². The summed E-state index contributed by atoms with van der Waals surface area (Å²) in [6.45, 7) is 2.18. The van der Waals surface area contributed by atoms with Crippen LogP contribution in [0.5, 0.6) is 0 Å². The van der Waals surface area contributed by atoms with Crippen molar-refractivity contribution in [2.45, 2.75) is 80.5 Å². The van der Waals surface area contributed by atoms with Gasteiger partial charge < -0.3 is 67.2 Å². The van der Waals surface area contributed by atoms with Crippen molar-refractivity contribution in [2.75, 3.05) is 33.1 Å². The lowest BCUT2D eigenvalue weighted by atomic mass is 9.90. The normalized spacial score (nSPS) is 36.4. The molecule has 0 bridgehead atoms. The third kappa shape index (κ3) is 7.20. The van der Waals surface area contributed by atoms with E-state index in [4.69, 9.17) is 36.1 Å². The van der Waals surface area contributed by atoms with Crippen LogP contribution in [0.1, 0.15) is 13.3 Å². The first-order valence-electron chi connectivity index (χ1n) is 10.8. The third-order valence-corrected chi connectivity index (χ3v) is 6.58. The quantitative estimate of drug-likeness (QED) is 0.0890. The molecule has 12 N–H and O–H groups in total. The Hall–Kier alpha value is -0.0900. The van der Waals surface area contributed by atoms with E-state index in [1.807, 2.05) is 6.92 Å². The molecule has 2 heterocycles. The lowest BCUT2D eigenvalue weighted by Crippen LogP contribution is -2.67. The van der Waals surface area contributed by atoms with Crippen LogP contribution in [0, 0.1) is 0 Å². The van der Waals surface area contributed by atoms with Crippen LogP contribution in [0.25, 0.3) is 0 Å². The van der Waals surface area contributed by atoms with Crippen molar-refractivity contribution in [3.05, 3.63) is 0 Å². The van der Waals surface area contributed by atoms with E-state index in [0.29, 0.717) is 13.1 Å². The summed E-state index contributed by atoms with van der Waals surface area (Å²) in [7, 11) is 1.46. The zero-order chi connectivity index (χ0) is 23.8. The predicted molar refractivity (Wildman–Crippen MR) is 118 cm³/mol. The molecule has 2 saturated heterocycles. The first-order chi connectivity index (χ1) is 15.3. The molecule has 32 heavy (non-hydrogen) atoms. The highest BCUT2D eigenvalue weighted by Crippen LogP contribution is 2.34. The van der Waals surface area contributed by atoms with Gasteiger partial charge in [0.1, 0.15) is 12.2 Å². The Morgan fingerprint density at radius 3 is 2.44 bits per heavy atom. The van der Waals surface area contributed by atoms with Crippen molar-refractivity contribution in [1.82, 2.24) is 10.6 Å². The highest BCUT2D eigenvalue weighted by molar-refractivity contribution is 7.38. The molecule has 14 heteroatoms. The molecular weight excluding hydrogens is 445 g/mol. The zero-order valence-corrected chi connectivity index (χ0v) is 19.5. The van der Waals surface area contributed by atoms with Crippen molar-refractivity contribution in [2.24, 2.45) is 17.2 Å². The molecule has 2 aliphatic heterocycles. The van der Waals surface area contributed by atoms with Crippen LogP contribution in [-0.2, 0) is 18.9 Å². The molecule has 0 aromatic heterocycles. The number of hydrogen-bond acceptors (Lipinski definition) is 13. The summed E-state index contributed by atoms with van der Waals surface area (Å²) in [5.74, 6) is 0. The maximum Gasteiger partial charge on any atom is 0.179 e. The van der Waals surface area contributed by atoms with Gasteiger partial charge in [-0.1, -0.05) is 0 Å². The minimum absolute atomic E-state index is 0.143. The summed E-state index contributed by atoms with van der Waals surface area (Å²) < 4.78 is 23.4. The van der Waals surface area contributed by atoms with Crippen LogP contribution in [0.2, 0.25) is 0 Å². The van der Waals surface area contributed by atoms with E-state index in [-0.39, 0.29) is 40.0 Å². The first-order valence-corrected chi connectivity index (χ1v) is 12.1. The Morgan fingerprint density at radius 1 is 1.19 bits per heavy atom. The standard InChI is InChI=1S/C18H40N5O8P/c1-8(23-9(4-19)5-20)12(6-24)29-18(32-7-25)31-17-13(22-2)14(26)15-11(28-17)3-10(21)16(27)30-15/h8-18,22-27,32H,3-7,19-21H2,1-2H3/t8-,10-,11-,12?,13?,14?,15?,16?,17?,18+/m0/s1. The summed E-state index contributed by atoms with van der Waals surface area (Å²) in [6, 6.07) is -2.72. The maximum atomic E-state index is 10.8. The Bertz CT molecular complexity index is 538. The molecule has 0 amide bonds. The van der Waals surface area contributed by atoms with Crippen molar-refractivity contribution in [3.63, 3.8) is 0 Å². The van der Waals surface area contributed by atoms with E-state index < -0.39 is 55.1 Å². The van der Waals surface area contributed by atoms with Gasteiger partial charge in [-0.15, -0.1) is 0 Å². The molecule has 0 aromatic carbocycles. The number of aliphatic hydroxyl groups is 4. The Kier molecular flexibility index (Phi) is 12.1. The number of ether oxygens (including phenoxy) is 4. The highest BCUT2D eigenvalue weighted by Gasteiger charge is 2.50. The zero-order valence-electron chi connectivity index (χ0n) is 18.5. The van der Waals surface area contributed by atoms with Crippen LogP contribution >= 0.6 is 8.58 Å². The summed E-state index contributed by atoms with van der Waals surface area (Å²) in [4.78, 5) is 0. The fraction of sp³-hybridized carbons (Fsp3) is 1.00. The van der Waals surface area contributed by atoms with Gasteiger partial charge >= 0.3 is 0 Å². The van der Waals surface area contributed by atoms with Gasteiger partial charge in [-0.2, -0.15) is 0 Å². The second kappa shape index (κ2) is 13.7. The molecule has 0 aliphatic carbocycles. The van der Waals surface area contributed by atoms with Crippen molar-refractivity contribution in [1.29, 1.82) is 0 Å². The first kappa shape index (κ1) is 28.1. The van der Waals surface area contributed by atoms with Crippen LogP contribution in [-0.4, -0.2) is 121 Å². The van der Waals surface area contributed by atoms with E-state index >= 15 is 0 Å². The van der Waals surface area contributed by atoms with E-state index in [2.05, 4.69) is 10.6 Å². The van der Waals surface area contributed by atoms with Crippen molar-refractivity contribution >= 4 is 8.58 Å². The second-order valence-electron chi connectivity index (χ2n) is 8.05. The average Bonchev–Trinajstić information content (AvgIpc) is 2.77. The summed E-state index contributed by atoms with van der Waals surface area (Å²) >= 11 is 0. The third-order valence-electron chi connectivity index (χ3n) is 5.79. The Balaban J connectivity index is 2.07. The molecule has 190 valence electrons. The average molecular weight is 486 g/mol. The van der Waals surface area contributed by atoms with Crippen LogP contribution < -0.4 is 27.8 Å². The number of hydrogen-bond donors (Lipinski definition) is 9. The van der Waals surface area contributed by atoms with Gasteiger partial charge in [-0.05, 0) is 29.0 Å². The van der Waals surface area contributed by atoms with Gasteiger partial charge in [0.05, 0.1) is 37.2 Å². The van der Waals surface area contributed by atoms with E-state index in [1.165, 1.54) is 0 Å². The largest absolute Gasteiger partial charge is 0.394 e. The molecule has 11 atom stereocenters. The Labute approximate surface area is 190 Å². The predicted octanol–water partition coefficient (Wildman–Crippen LogP) is -4.34. The van der Waals surface area contributed by atoms with E-state index in [1.54, 1.807) is 7.05 Å². The fourth-order valence-electron chi connectivity index (χ4n) is 3.86. The molecule has 0 saturated carbocycles. The van der Waals surface area contributed by atoms with E-state index in [9.17, 15) is 20.4 Å². The summed E-state index contributed by atoms with van der Waals surface area (Å²) in [5, 5.41) is 46.2. The minimum Gasteiger partial charge on any atom is -0.394 e. The molecule has 2 aliphatic rings. The summed E-state index contributed by atoms with van der Waals surface area (Å²) in [6.07, 6.45) is -5.17. The SMILES string of the molecule is CNC1C(O[C@@H](OC(CO)[C@H](C)NC(CN)CN)PCO)O[C@H]2C[C@H](N)C(O)OC2C1O. The number of fused-ring (bicyclic) bond motifs is 1. The smallest absolute Gasteiger partial charge is 0.179 e. The van der Waals surface area contributed by atoms with Gasteiger partial charge in [0.15, 0.2) is 18.6 Å². The van der Waals surface area contributed by atoms with Crippen molar-refractivity contribution in [3.8, 4) is 0 Å². The van der Waals surface area contributed by atoms with Gasteiger partial charge in [-0.25, -0.2) is 0 Å². The number of rotatable bonds is 13. The maximum absolute atomic E-state index is 10.8. The van der Waals surface area contributed by atoms with Crippen LogP contribution in [0.15, 0.2) is 0 Å². The second-order valence-corrected chi connectivity index (χ2v) is 9.25. The number of nitrogens with two attached hydrogens (primary N) is 3. The highest BCUT2D eigenvalue weighted by atomic mass is 31.1. The lowest BCUT2D eigenvalue weighted by Gasteiger charge is -2.49. The van der Waals surface area contributed by atoms with Gasteiger partial charge in [0.25, 0.3) is 0 Å². The molecule has 2 fully saturated rings. The lowest BCUT2D eigenvalue weighted by molar-refractivity contribution is -0.334. The molecular formula is C18H40N5O8P. The van der Waals surface area contributed by atoms with Gasteiger partial charge in [0, 0.05) is 25.2 Å². The monoisotopic (exact) mass is 485 g/mol. The van der Waals surface area contributed by atoms with Crippen LogP contribution in [0.3, 0.4) is 0 Å². The molecule has 0 aromatic rings. The molecule has 2 rings (SSSR count). The topological polar surface area (TPSA) is 220 Å². The van der Waals surface area contributed by atoms with E-state index in [0.717, 1.165) is 0 Å². The molecule has 0 spiro atoms. The molecule has 7 unspecified atom stereocenters. The number of likely N-dealkylation sites (N-methyl/N-ethyl adjacent to an activating group) is 1. The van der Waals surface area contributed by atoms with Gasteiger partial charge in [0.2, 0.25) is 0 Å². The minimum atomic E-state index is -1.19. The number of aliphatic hydroxyl groups excluding tert-OH is 4. The fourth-order valence-corrected chi connectivity index (χ4v) is 4.51. The molecule has 0 radical (unpaired) electrons. The van der Waals surface area contributed by atoms with Crippen molar-refractivity contribution < 1.29 is 39.4 Å². The Morgan fingerprint density at radius 2 is 1.88 bits per heavy atom. The summed E-state index contributed by atoms with van der Waals surface area (Å²) in [5.41, 5.74) is 17.2. The molecule has 13 nitrogen and oxygen atoms in total.